The topological polar surface area (TPSA) is 40.5 Å². The lowest BCUT2D eigenvalue weighted by Gasteiger charge is -2.09. The minimum Gasteiger partial charge on any atom is -0.508 e. The zero-order chi connectivity index (χ0) is 14.3. The molecule has 0 heterocycles. The third-order valence-corrected chi connectivity index (χ3v) is 3.65. The van der Waals surface area contributed by atoms with Gasteiger partial charge < -0.3 is 10.2 Å². The highest BCUT2D eigenvalue weighted by molar-refractivity contribution is 5.88. The van der Waals surface area contributed by atoms with E-state index in [4.69, 9.17) is 0 Å². The summed E-state index contributed by atoms with van der Waals surface area (Å²) in [7, 11) is 0. The van der Waals surface area contributed by atoms with E-state index in [0.29, 0.717) is 5.75 Å². The molecule has 0 aliphatic carbocycles. The molecule has 100 valence electrons. The Kier molecular flexibility index (Phi) is 2.87. The molecule has 0 atom stereocenters. The van der Waals surface area contributed by atoms with E-state index in [-0.39, 0.29) is 5.75 Å². The maximum Gasteiger partial charge on any atom is 0.121 e. The molecule has 3 aromatic rings. The predicted octanol–water partition coefficient (Wildman–Crippen LogP) is 4.53. The highest BCUT2D eigenvalue weighted by Crippen LogP contribution is 2.31. The lowest BCUT2D eigenvalue weighted by Crippen LogP contribution is -1.85. The van der Waals surface area contributed by atoms with Crippen LogP contribution in [0.5, 0.6) is 11.5 Å². The van der Waals surface area contributed by atoms with E-state index in [2.05, 4.69) is 6.07 Å². The van der Waals surface area contributed by atoms with Gasteiger partial charge in [0.2, 0.25) is 0 Å². The third-order valence-electron chi connectivity index (χ3n) is 3.65. The van der Waals surface area contributed by atoms with E-state index in [1.165, 1.54) is 0 Å². The summed E-state index contributed by atoms with van der Waals surface area (Å²) in [5.41, 5.74) is 3.96. The minimum absolute atomic E-state index is 0.279. The molecule has 0 spiro atoms. The normalized spacial score (nSPS) is 10.9. The first-order valence-electron chi connectivity index (χ1n) is 6.58. The van der Waals surface area contributed by atoms with Crippen molar-refractivity contribution in [3.63, 3.8) is 0 Å². The maximum atomic E-state index is 9.85. The minimum atomic E-state index is 0.279. The molecule has 3 aromatic carbocycles. The summed E-state index contributed by atoms with van der Waals surface area (Å²) in [4.78, 5) is 0. The molecule has 20 heavy (non-hydrogen) atoms. The Balaban J connectivity index is 2.17. The van der Waals surface area contributed by atoms with Crippen molar-refractivity contribution in [3.8, 4) is 22.6 Å². The summed E-state index contributed by atoms with van der Waals surface area (Å²) in [5, 5.41) is 21.4. The fourth-order valence-electron chi connectivity index (χ4n) is 2.54. The van der Waals surface area contributed by atoms with Crippen LogP contribution < -0.4 is 0 Å². The highest BCUT2D eigenvalue weighted by Gasteiger charge is 2.06. The van der Waals surface area contributed by atoms with Crippen LogP contribution in [0.3, 0.4) is 0 Å². The maximum absolute atomic E-state index is 9.85. The van der Waals surface area contributed by atoms with Crippen LogP contribution in [0.4, 0.5) is 0 Å². The monoisotopic (exact) mass is 264 g/mol. The van der Waals surface area contributed by atoms with Crippen molar-refractivity contribution in [1.29, 1.82) is 0 Å². The first kappa shape index (κ1) is 12.5. The van der Waals surface area contributed by atoms with Gasteiger partial charge in [0.15, 0.2) is 0 Å². The largest absolute Gasteiger partial charge is 0.508 e. The van der Waals surface area contributed by atoms with Crippen LogP contribution in [0.15, 0.2) is 48.5 Å². The van der Waals surface area contributed by atoms with Gasteiger partial charge in [-0.2, -0.15) is 0 Å². The van der Waals surface area contributed by atoms with Crippen LogP contribution in [0, 0.1) is 13.8 Å². The molecule has 0 saturated heterocycles. The lowest BCUT2D eigenvalue weighted by atomic mass is 9.97. The molecule has 0 aliphatic rings. The van der Waals surface area contributed by atoms with Gasteiger partial charge in [-0.25, -0.2) is 0 Å². The molecule has 0 fully saturated rings. The van der Waals surface area contributed by atoms with Gasteiger partial charge in [-0.1, -0.05) is 18.2 Å². The number of phenols is 2. The summed E-state index contributed by atoms with van der Waals surface area (Å²) in [6.45, 7) is 3.82. The number of hydrogen-bond acceptors (Lipinski definition) is 2. The van der Waals surface area contributed by atoms with Crippen LogP contribution >= 0.6 is 0 Å². The molecule has 0 amide bonds. The average Bonchev–Trinajstić information content (AvgIpc) is 2.43. The zero-order valence-corrected chi connectivity index (χ0v) is 11.5. The lowest BCUT2D eigenvalue weighted by molar-refractivity contribution is 0.467. The molecule has 0 bridgehead atoms. The second kappa shape index (κ2) is 4.57. The molecule has 0 aromatic heterocycles. The van der Waals surface area contributed by atoms with Gasteiger partial charge in [-0.15, -0.1) is 0 Å². The molecule has 0 aliphatic heterocycles. The summed E-state index contributed by atoms with van der Waals surface area (Å²) >= 11 is 0. The van der Waals surface area contributed by atoms with Gasteiger partial charge in [0, 0.05) is 0 Å². The number of benzene rings is 3. The van der Waals surface area contributed by atoms with E-state index in [1.54, 1.807) is 12.1 Å². The van der Waals surface area contributed by atoms with E-state index in [1.807, 2.05) is 44.2 Å². The Morgan fingerprint density at radius 3 is 1.95 bits per heavy atom. The average molecular weight is 264 g/mol. The Hall–Kier alpha value is -2.48. The van der Waals surface area contributed by atoms with Crippen molar-refractivity contribution in [2.45, 2.75) is 13.8 Å². The molecular weight excluding hydrogens is 248 g/mol. The van der Waals surface area contributed by atoms with E-state index < -0.39 is 0 Å². The summed E-state index contributed by atoms with van der Waals surface area (Å²) in [6.07, 6.45) is 0. The first-order valence-corrected chi connectivity index (χ1v) is 6.58. The molecule has 0 saturated carbocycles. The number of aryl methyl sites for hydroxylation is 2. The number of hydrogen-bond donors (Lipinski definition) is 2. The van der Waals surface area contributed by atoms with E-state index in [9.17, 15) is 10.2 Å². The van der Waals surface area contributed by atoms with Gasteiger partial charge in [-0.05, 0) is 77.2 Å². The van der Waals surface area contributed by atoms with Crippen molar-refractivity contribution in [2.24, 2.45) is 0 Å². The van der Waals surface area contributed by atoms with Gasteiger partial charge in [0.25, 0.3) is 0 Å². The Morgan fingerprint density at radius 1 is 0.650 bits per heavy atom. The molecule has 2 N–H and O–H groups in total. The SMILES string of the molecule is Cc1cc(-c2ccc3cc(O)ccc3c2)cc(C)c1O. The summed E-state index contributed by atoms with van der Waals surface area (Å²) < 4.78 is 0. The van der Waals surface area contributed by atoms with Crippen LogP contribution in [-0.2, 0) is 0 Å². The second-order valence-electron chi connectivity index (χ2n) is 5.20. The standard InChI is InChI=1S/C18H16O2/c1-11-7-16(8-12(2)18(11)20)14-3-4-15-10-17(19)6-5-13(15)9-14/h3-10,19-20H,1-2H3. The van der Waals surface area contributed by atoms with Crippen molar-refractivity contribution in [1.82, 2.24) is 0 Å². The number of aromatic hydroxyl groups is 2. The molecule has 0 radical (unpaired) electrons. The van der Waals surface area contributed by atoms with Crippen LogP contribution in [0.1, 0.15) is 11.1 Å². The van der Waals surface area contributed by atoms with Gasteiger partial charge in [0.05, 0.1) is 0 Å². The molecule has 0 unspecified atom stereocenters. The first-order chi connectivity index (χ1) is 9.54. The van der Waals surface area contributed by atoms with Crippen LogP contribution in [0.2, 0.25) is 0 Å². The predicted molar refractivity (Wildman–Crippen MR) is 82.2 cm³/mol. The Bertz CT molecular complexity index is 781. The van der Waals surface area contributed by atoms with Crippen LogP contribution in [-0.4, -0.2) is 10.2 Å². The van der Waals surface area contributed by atoms with E-state index in [0.717, 1.165) is 33.0 Å². The number of phenolic OH excluding ortho intramolecular Hbond substituents is 2. The molecule has 2 heteroatoms. The van der Waals surface area contributed by atoms with Crippen LogP contribution in [0.25, 0.3) is 21.9 Å². The number of fused-ring (bicyclic) bond motifs is 1. The number of rotatable bonds is 1. The van der Waals surface area contributed by atoms with Gasteiger partial charge >= 0.3 is 0 Å². The Labute approximate surface area is 117 Å². The molecule has 3 rings (SSSR count). The second-order valence-corrected chi connectivity index (χ2v) is 5.20. The highest BCUT2D eigenvalue weighted by atomic mass is 16.3. The van der Waals surface area contributed by atoms with Crippen molar-refractivity contribution in [3.05, 3.63) is 59.7 Å². The summed E-state index contributed by atoms with van der Waals surface area (Å²) in [5.74, 6) is 0.640. The van der Waals surface area contributed by atoms with Gasteiger partial charge in [-0.3, -0.25) is 0 Å². The van der Waals surface area contributed by atoms with Crippen molar-refractivity contribution >= 4 is 10.8 Å². The fourth-order valence-corrected chi connectivity index (χ4v) is 2.54. The van der Waals surface area contributed by atoms with E-state index >= 15 is 0 Å². The van der Waals surface area contributed by atoms with Gasteiger partial charge in [0.1, 0.15) is 11.5 Å². The third kappa shape index (κ3) is 2.10. The molecule has 2 nitrogen and oxygen atoms in total. The van der Waals surface area contributed by atoms with Crippen molar-refractivity contribution < 1.29 is 10.2 Å². The Morgan fingerprint density at radius 2 is 1.25 bits per heavy atom. The smallest absolute Gasteiger partial charge is 0.121 e. The fraction of sp³-hybridized carbons (Fsp3) is 0.111. The van der Waals surface area contributed by atoms with Crippen molar-refractivity contribution in [2.75, 3.05) is 0 Å². The quantitative estimate of drug-likeness (QED) is 0.677. The molecular formula is C18H16O2. The zero-order valence-electron chi connectivity index (χ0n) is 11.5. The summed E-state index contributed by atoms with van der Waals surface area (Å²) in [6, 6.07) is 15.5.